The molecule has 4 rings (SSSR count). The van der Waals surface area contributed by atoms with E-state index in [1.54, 1.807) is 23.3 Å². The molecule has 0 saturated heterocycles. The molecule has 166 valence electrons. The van der Waals surface area contributed by atoms with E-state index in [1.807, 2.05) is 12.1 Å². The van der Waals surface area contributed by atoms with Crippen LogP contribution in [0.25, 0.3) is 0 Å². The second kappa shape index (κ2) is 8.43. The van der Waals surface area contributed by atoms with Crippen molar-refractivity contribution in [1.29, 1.82) is 0 Å². The summed E-state index contributed by atoms with van der Waals surface area (Å²) in [6, 6.07) is 14.5. The van der Waals surface area contributed by atoms with Crippen LogP contribution in [0, 0.1) is 11.3 Å². The normalized spacial score (nSPS) is 27.6. The zero-order valence-electron chi connectivity index (χ0n) is 19.5. The van der Waals surface area contributed by atoms with Crippen LogP contribution >= 0.6 is 0 Å². The quantitative estimate of drug-likeness (QED) is 0.577. The van der Waals surface area contributed by atoms with Crippen LogP contribution in [0.2, 0.25) is 0 Å². The van der Waals surface area contributed by atoms with Crippen LogP contribution in [0.3, 0.4) is 0 Å². The minimum absolute atomic E-state index is 0.265. The number of hydrogen-bond donors (Lipinski definition) is 2. The predicted octanol–water partition coefficient (Wildman–Crippen LogP) is 6.31. The zero-order valence-corrected chi connectivity index (χ0v) is 19.5. The van der Waals surface area contributed by atoms with Gasteiger partial charge in [0.2, 0.25) is 0 Å². The Kier molecular flexibility index (Phi) is 6.00. The summed E-state index contributed by atoms with van der Waals surface area (Å²) in [4.78, 5) is 11.1. The van der Waals surface area contributed by atoms with Crippen LogP contribution in [-0.4, -0.2) is 17.6 Å². The Morgan fingerprint density at radius 3 is 2.55 bits per heavy atom. The Morgan fingerprint density at radius 1 is 1.13 bits per heavy atom. The minimum atomic E-state index is -0.869. The van der Waals surface area contributed by atoms with Gasteiger partial charge in [-0.05, 0) is 82.7 Å². The monoisotopic (exact) mass is 419 g/mol. The fourth-order valence-corrected chi connectivity index (χ4v) is 6.47. The molecule has 1 saturated carbocycles. The van der Waals surface area contributed by atoms with E-state index >= 15 is 0 Å². The molecule has 2 aliphatic carbocycles. The average Bonchev–Trinajstić information content (AvgIpc) is 2.73. The van der Waals surface area contributed by atoms with Crippen molar-refractivity contribution in [3.63, 3.8) is 0 Å². The number of aromatic carboxylic acids is 1. The maximum atomic E-state index is 11.1. The van der Waals surface area contributed by atoms with Crippen LogP contribution in [0.4, 0.5) is 0 Å². The smallest absolute Gasteiger partial charge is 0.335 e. The Balaban J connectivity index is 1.48. The molecule has 0 heterocycles. The molecule has 0 aromatic heterocycles. The Labute approximate surface area is 187 Å². The molecule has 3 nitrogen and oxygen atoms in total. The first-order chi connectivity index (χ1) is 14.7. The van der Waals surface area contributed by atoms with Gasteiger partial charge in [0.1, 0.15) is 0 Å². The minimum Gasteiger partial charge on any atom is -0.478 e. The highest BCUT2D eigenvalue weighted by Gasteiger charge is 2.51. The Morgan fingerprint density at radius 2 is 1.87 bits per heavy atom. The van der Waals surface area contributed by atoms with Crippen molar-refractivity contribution < 1.29 is 9.90 Å². The van der Waals surface area contributed by atoms with E-state index in [9.17, 15) is 4.79 Å². The summed E-state index contributed by atoms with van der Waals surface area (Å²) in [7, 11) is 0. The molecule has 0 spiro atoms. The second-order valence-electron chi connectivity index (χ2n) is 10.7. The first-order valence-corrected chi connectivity index (χ1v) is 11.9. The largest absolute Gasteiger partial charge is 0.478 e. The first-order valence-electron chi connectivity index (χ1n) is 11.9. The van der Waals surface area contributed by atoms with Gasteiger partial charge < -0.3 is 10.4 Å². The van der Waals surface area contributed by atoms with E-state index < -0.39 is 5.97 Å². The number of benzene rings is 2. The molecular formula is C28H37NO2. The van der Waals surface area contributed by atoms with Gasteiger partial charge >= 0.3 is 5.97 Å². The van der Waals surface area contributed by atoms with Crippen molar-refractivity contribution in [3.05, 3.63) is 70.3 Å². The van der Waals surface area contributed by atoms with E-state index in [0.29, 0.717) is 17.4 Å². The molecule has 2 aromatic rings. The van der Waals surface area contributed by atoms with Gasteiger partial charge in [-0.1, -0.05) is 64.4 Å². The van der Waals surface area contributed by atoms with Gasteiger partial charge in [0, 0.05) is 13.1 Å². The van der Waals surface area contributed by atoms with Crippen LogP contribution < -0.4 is 5.32 Å². The number of nitrogens with one attached hydrogen (secondary N) is 1. The van der Waals surface area contributed by atoms with E-state index in [-0.39, 0.29) is 10.8 Å². The van der Waals surface area contributed by atoms with Crippen LogP contribution in [-0.2, 0) is 18.4 Å². The Bertz CT molecular complexity index is 948. The van der Waals surface area contributed by atoms with Crippen molar-refractivity contribution in [2.24, 2.45) is 11.3 Å². The summed E-state index contributed by atoms with van der Waals surface area (Å²) in [5, 5.41) is 12.8. The SMILES string of the molecule is CC(C)c1ccc2c(c1)CCC1C2(C)CCC[C@@]1(C)CNCc1ccc(C(=O)O)cc1. The third-order valence-corrected chi connectivity index (χ3v) is 8.23. The van der Waals surface area contributed by atoms with E-state index in [4.69, 9.17) is 5.11 Å². The number of carboxylic acid groups (broad SMARTS) is 1. The lowest BCUT2D eigenvalue weighted by Crippen LogP contribution is -2.52. The molecule has 2 unspecified atom stereocenters. The lowest BCUT2D eigenvalue weighted by molar-refractivity contribution is 0.0257. The van der Waals surface area contributed by atoms with Crippen molar-refractivity contribution >= 4 is 5.97 Å². The maximum absolute atomic E-state index is 11.1. The molecular weight excluding hydrogens is 382 g/mol. The molecule has 0 aliphatic heterocycles. The number of aryl methyl sites for hydroxylation is 1. The van der Waals surface area contributed by atoms with Gasteiger partial charge in [0.15, 0.2) is 0 Å². The van der Waals surface area contributed by atoms with E-state index in [1.165, 1.54) is 37.7 Å². The lowest BCUT2D eigenvalue weighted by Gasteiger charge is -2.55. The van der Waals surface area contributed by atoms with Crippen molar-refractivity contribution in [2.75, 3.05) is 6.54 Å². The standard InChI is InChI=1S/C28H37NO2/c1-19(2)22-10-12-24-23(16-22)11-13-25-27(3,14-5-15-28(24,25)4)18-29-17-20-6-8-21(9-7-20)26(30)31/h6-10,12,16,19,25,29H,5,11,13-15,17-18H2,1-4H3,(H,30,31)/t25?,27-,28?/m0/s1. The molecule has 0 bridgehead atoms. The third-order valence-electron chi connectivity index (χ3n) is 8.23. The number of fused-ring (bicyclic) bond motifs is 3. The molecule has 2 aromatic carbocycles. The van der Waals surface area contributed by atoms with Gasteiger partial charge in [-0.3, -0.25) is 0 Å². The zero-order chi connectivity index (χ0) is 22.2. The van der Waals surface area contributed by atoms with E-state index in [0.717, 1.165) is 18.7 Å². The fraction of sp³-hybridized carbons (Fsp3) is 0.536. The summed E-state index contributed by atoms with van der Waals surface area (Å²) >= 11 is 0. The number of hydrogen-bond acceptors (Lipinski definition) is 2. The highest BCUT2D eigenvalue weighted by molar-refractivity contribution is 5.87. The maximum Gasteiger partial charge on any atom is 0.335 e. The second-order valence-corrected chi connectivity index (χ2v) is 10.7. The summed E-state index contributed by atoms with van der Waals surface area (Å²) in [6.45, 7) is 11.4. The van der Waals surface area contributed by atoms with Gasteiger partial charge in [0.25, 0.3) is 0 Å². The summed E-state index contributed by atoms with van der Waals surface area (Å²) in [5.74, 6) is 0.404. The summed E-state index contributed by atoms with van der Waals surface area (Å²) in [5.41, 5.74) is 6.69. The number of carbonyl (C=O) groups is 1. The fourth-order valence-electron chi connectivity index (χ4n) is 6.47. The van der Waals surface area contributed by atoms with Crippen molar-refractivity contribution in [2.45, 2.75) is 77.7 Å². The topological polar surface area (TPSA) is 49.3 Å². The predicted molar refractivity (Wildman–Crippen MR) is 127 cm³/mol. The summed E-state index contributed by atoms with van der Waals surface area (Å²) in [6.07, 6.45) is 6.32. The third kappa shape index (κ3) is 4.17. The molecule has 2 aliphatic rings. The van der Waals surface area contributed by atoms with Crippen molar-refractivity contribution in [3.8, 4) is 0 Å². The molecule has 1 fully saturated rings. The molecule has 31 heavy (non-hydrogen) atoms. The highest BCUT2D eigenvalue weighted by Crippen LogP contribution is 2.57. The first kappa shape index (κ1) is 22.1. The number of carboxylic acids is 1. The summed E-state index contributed by atoms with van der Waals surface area (Å²) < 4.78 is 0. The van der Waals surface area contributed by atoms with Gasteiger partial charge in [0.05, 0.1) is 5.56 Å². The van der Waals surface area contributed by atoms with E-state index in [2.05, 4.69) is 51.2 Å². The average molecular weight is 420 g/mol. The lowest BCUT2D eigenvalue weighted by atomic mass is 9.49. The van der Waals surface area contributed by atoms with Crippen LogP contribution in [0.5, 0.6) is 0 Å². The highest BCUT2D eigenvalue weighted by atomic mass is 16.4. The Hall–Kier alpha value is -2.13. The van der Waals surface area contributed by atoms with Crippen LogP contribution in [0.15, 0.2) is 42.5 Å². The molecule has 3 atom stereocenters. The van der Waals surface area contributed by atoms with Gasteiger partial charge in [-0.2, -0.15) is 0 Å². The molecule has 3 heteroatoms. The molecule has 0 radical (unpaired) electrons. The van der Waals surface area contributed by atoms with Crippen LogP contribution in [0.1, 0.15) is 91.9 Å². The van der Waals surface area contributed by atoms with Gasteiger partial charge in [-0.15, -0.1) is 0 Å². The molecule has 0 amide bonds. The van der Waals surface area contributed by atoms with Crippen molar-refractivity contribution in [1.82, 2.24) is 5.32 Å². The number of rotatable bonds is 6. The van der Waals surface area contributed by atoms with Gasteiger partial charge in [-0.25, -0.2) is 4.79 Å². The molecule has 2 N–H and O–H groups in total.